The highest BCUT2D eigenvalue weighted by molar-refractivity contribution is 14.1. The quantitative estimate of drug-likeness (QED) is 0.546. The molecule has 0 N–H and O–H groups in total. The van der Waals surface area contributed by atoms with Crippen molar-refractivity contribution >= 4 is 44.4 Å². The number of carbonyl (C=O) groups excluding carboxylic acids is 1. The van der Waals surface area contributed by atoms with Crippen molar-refractivity contribution in [2.75, 3.05) is 11.9 Å². The Hall–Kier alpha value is -0.100. The van der Waals surface area contributed by atoms with Crippen LogP contribution < -0.4 is 0 Å². The number of hydrogen-bond acceptors (Lipinski definition) is 1. The number of nitrogens with zero attached hydrogens (tertiary/aromatic N) is 1. The Morgan fingerprint density at radius 2 is 2.12 bits per heavy atom. The lowest BCUT2D eigenvalue weighted by Crippen LogP contribution is -2.38. The van der Waals surface area contributed by atoms with E-state index in [1.807, 2.05) is 43.9 Å². The average molecular weight is 410 g/mol. The van der Waals surface area contributed by atoms with Crippen LogP contribution in [0.5, 0.6) is 0 Å². The van der Waals surface area contributed by atoms with Crippen LogP contribution in [0.25, 0.3) is 0 Å². The van der Waals surface area contributed by atoms with Crippen LogP contribution >= 0.6 is 38.5 Å². The monoisotopic (exact) mass is 409 g/mol. The Morgan fingerprint density at radius 1 is 1.47 bits per heavy atom. The van der Waals surface area contributed by atoms with Gasteiger partial charge >= 0.3 is 0 Å². The van der Waals surface area contributed by atoms with E-state index in [-0.39, 0.29) is 11.9 Å². The van der Waals surface area contributed by atoms with Gasteiger partial charge in [0.25, 0.3) is 5.91 Å². The van der Waals surface area contributed by atoms with Gasteiger partial charge in [-0.1, -0.05) is 28.1 Å². The highest BCUT2D eigenvalue weighted by Crippen LogP contribution is 2.19. The number of hydrogen-bond donors (Lipinski definition) is 0. The van der Waals surface area contributed by atoms with E-state index in [1.165, 1.54) is 0 Å². The van der Waals surface area contributed by atoms with Gasteiger partial charge in [-0.3, -0.25) is 4.79 Å². The molecule has 0 aliphatic heterocycles. The molecular weight excluding hydrogens is 393 g/mol. The van der Waals surface area contributed by atoms with E-state index in [1.54, 1.807) is 0 Å². The fourth-order valence-corrected chi connectivity index (χ4v) is 2.62. The van der Waals surface area contributed by atoms with Gasteiger partial charge in [0.2, 0.25) is 0 Å². The second-order valence-electron chi connectivity index (χ2n) is 4.22. The normalized spacial score (nSPS) is 10.7. The van der Waals surface area contributed by atoms with Gasteiger partial charge in [-0.05, 0) is 55.0 Å². The Bertz CT molecular complexity index is 406. The van der Waals surface area contributed by atoms with Crippen molar-refractivity contribution in [3.63, 3.8) is 0 Å². The summed E-state index contributed by atoms with van der Waals surface area (Å²) in [5.41, 5.74) is 1.96. The van der Waals surface area contributed by atoms with E-state index in [0.717, 1.165) is 26.6 Å². The van der Waals surface area contributed by atoms with E-state index < -0.39 is 0 Å². The summed E-state index contributed by atoms with van der Waals surface area (Å²) in [6, 6.07) is 6.09. The fraction of sp³-hybridized carbons (Fsp3) is 0.462. The number of alkyl halides is 1. The third-order valence-corrected chi connectivity index (χ3v) is 4.42. The SMILES string of the molecule is Cc1cccc(C(=O)N(CCBr)C(C)C)c1I. The molecule has 0 atom stereocenters. The summed E-state index contributed by atoms with van der Waals surface area (Å²) in [7, 11) is 0. The molecule has 1 aromatic rings. The first-order chi connectivity index (χ1) is 7.99. The van der Waals surface area contributed by atoms with Gasteiger partial charge in [-0.15, -0.1) is 0 Å². The molecule has 1 amide bonds. The molecule has 17 heavy (non-hydrogen) atoms. The molecule has 4 heteroatoms. The lowest BCUT2D eigenvalue weighted by atomic mass is 10.1. The Balaban J connectivity index is 3.05. The summed E-state index contributed by atoms with van der Waals surface area (Å²) in [6.45, 7) is 6.86. The zero-order valence-electron chi connectivity index (χ0n) is 10.3. The molecule has 0 aromatic heterocycles. The molecule has 0 bridgehead atoms. The minimum absolute atomic E-state index is 0.118. The number of aryl methyl sites for hydroxylation is 1. The first-order valence-corrected chi connectivity index (χ1v) is 7.81. The maximum absolute atomic E-state index is 12.4. The molecule has 2 nitrogen and oxygen atoms in total. The fourth-order valence-electron chi connectivity index (χ4n) is 1.65. The zero-order chi connectivity index (χ0) is 13.0. The van der Waals surface area contributed by atoms with Crippen LogP contribution in [0.3, 0.4) is 0 Å². The van der Waals surface area contributed by atoms with Gasteiger partial charge in [0, 0.05) is 21.5 Å². The summed E-state index contributed by atoms with van der Waals surface area (Å²) >= 11 is 5.64. The second kappa shape index (κ2) is 6.73. The van der Waals surface area contributed by atoms with Gasteiger partial charge in [0.05, 0.1) is 5.56 Å². The second-order valence-corrected chi connectivity index (χ2v) is 6.09. The first-order valence-electron chi connectivity index (χ1n) is 5.61. The minimum Gasteiger partial charge on any atom is -0.335 e. The Kier molecular flexibility index (Phi) is 5.92. The van der Waals surface area contributed by atoms with E-state index in [4.69, 9.17) is 0 Å². The molecular formula is C13H17BrINO. The van der Waals surface area contributed by atoms with Crippen LogP contribution in [0.4, 0.5) is 0 Å². The topological polar surface area (TPSA) is 20.3 Å². The van der Waals surface area contributed by atoms with Gasteiger partial charge in [0.1, 0.15) is 0 Å². The summed E-state index contributed by atoms with van der Waals surface area (Å²) in [6.07, 6.45) is 0. The van der Waals surface area contributed by atoms with Crippen LogP contribution in [0.15, 0.2) is 18.2 Å². The largest absolute Gasteiger partial charge is 0.335 e. The van der Waals surface area contributed by atoms with Gasteiger partial charge in [0.15, 0.2) is 0 Å². The molecule has 0 radical (unpaired) electrons. The smallest absolute Gasteiger partial charge is 0.255 e. The van der Waals surface area contributed by atoms with E-state index in [0.29, 0.717) is 0 Å². The first kappa shape index (κ1) is 15.0. The number of rotatable bonds is 4. The molecule has 0 aliphatic rings. The molecule has 0 aliphatic carbocycles. The van der Waals surface area contributed by atoms with Crippen LogP contribution in [0.1, 0.15) is 29.8 Å². The van der Waals surface area contributed by atoms with Crippen LogP contribution in [-0.4, -0.2) is 28.7 Å². The Morgan fingerprint density at radius 3 is 2.65 bits per heavy atom. The summed E-state index contributed by atoms with van der Waals surface area (Å²) in [4.78, 5) is 14.3. The van der Waals surface area contributed by atoms with E-state index >= 15 is 0 Å². The number of carbonyl (C=O) groups is 1. The van der Waals surface area contributed by atoms with Crippen molar-refractivity contribution in [1.82, 2.24) is 4.90 Å². The zero-order valence-corrected chi connectivity index (χ0v) is 14.1. The number of amides is 1. The van der Waals surface area contributed by atoms with E-state index in [9.17, 15) is 4.79 Å². The minimum atomic E-state index is 0.118. The van der Waals surface area contributed by atoms with Crippen molar-refractivity contribution in [2.45, 2.75) is 26.8 Å². The highest BCUT2D eigenvalue weighted by atomic mass is 127. The molecule has 0 spiro atoms. The number of halogens is 2. The van der Waals surface area contributed by atoms with Crippen LogP contribution in [0, 0.1) is 10.5 Å². The molecule has 0 fully saturated rings. The predicted molar refractivity (Wildman–Crippen MR) is 83.9 cm³/mol. The average Bonchev–Trinajstić information content (AvgIpc) is 2.28. The third kappa shape index (κ3) is 3.68. The lowest BCUT2D eigenvalue weighted by Gasteiger charge is -2.26. The maximum Gasteiger partial charge on any atom is 0.255 e. The van der Waals surface area contributed by atoms with Crippen molar-refractivity contribution in [2.24, 2.45) is 0 Å². The molecule has 1 rings (SSSR count). The van der Waals surface area contributed by atoms with Gasteiger partial charge in [-0.25, -0.2) is 0 Å². The van der Waals surface area contributed by atoms with Gasteiger partial charge in [-0.2, -0.15) is 0 Å². The molecule has 0 unspecified atom stereocenters. The molecule has 0 heterocycles. The summed E-state index contributed by atoms with van der Waals surface area (Å²) < 4.78 is 1.05. The Labute approximate surface area is 125 Å². The van der Waals surface area contributed by atoms with E-state index in [2.05, 4.69) is 38.5 Å². The summed E-state index contributed by atoms with van der Waals surface area (Å²) in [5, 5.41) is 0.805. The summed E-state index contributed by atoms with van der Waals surface area (Å²) in [5.74, 6) is 0.118. The molecule has 0 saturated carbocycles. The van der Waals surface area contributed by atoms with Crippen molar-refractivity contribution in [3.05, 3.63) is 32.9 Å². The molecule has 94 valence electrons. The van der Waals surface area contributed by atoms with Crippen LogP contribution in [-0.2, 0) is 0 Å². The van der Waals surface area contributed by atoms with Crippen molar-refractivity contribution in [1.29, 1.82) is 0 Å². The van der Waals surface area contributed by atoms with Crippen molar-refractivity contribution < 1.29 is 4.79 Å². The molecule has 0 saturated heterocycles. The van der Waals surface area contributed by atoms with Crippen molar-refractivity contribution in [3.8, 4) is 0 Å². The van der Waals surface area contributed by atoms with Crippen LogP contribution in [0.2, 0.25) is 0 Å². The third-order valence-electron chi connectivity index (χ3n) is 2.63. The number of benzene rings is 1. The van der Waals surface area contributed by atoms with Gasteiger partial charge < -0.3 is 4.90 Å². The molecule has 1 aromatic carbocycles. The lowest BCUT2D eigenvalue weighted by molar-refractivity contribution is 0.0718. The maximum atomic E-state index is 12.4. The standard InChI is InChI=1S/C13H17BrINO/c1-9(2)16(8-7-14)13(17)11-6-4-5-10(3)12(11)15/h4-6,9H,7-8H2,1-3H3. The highest BCUT2D eigenvalue weighted by Gasteiger charge is 2.20. The predicted octanol–water partition coefficient (Wildman–Crippen LogP) is 3.85.